The fourth-order valence-electron chi connectivity index (χ4n) is 1.58. The van der Waals surface area contributed by atoms with Gasteiger partial charge in [-0.05, 0) is 19.1 Å². The van der Waals surface area contributed by atoms with Crippen LogP contribution in [0.1, 0.15) is 6.92 Å². The maximum absolute atomic E-state index is 13.7. The molecule has 2 aromatic rings. The summed E-state index contributed by atoms with van der Waals surface area (Å²) in [6, 6.07) is 2.38. The van der Waals surface area contributed by atoms with E-state index in [0.29, 0.717) is 18.7 Å². The van der Waals surface area contributed by atoms with Crippen LogP contribution in [0.5, 0.6) is 0 Å². The lowest BCUT2D eigenvalue weighted by atomic mass is 10.3. The molecule has 1 aromatic heterocycles. The van der Waals surface area contributed by atoms with Crippen LogP contribution in [0.4, 0.5) is 8.78 Å². The standard InChI is InChI=1S/C13H12ClF2N3O3S/c1-2-22-8-19-4-3-13(17-7-19)18-23(20,21)12-5-9(14)10(15)6-11(12)16/h3-7H,2,8H2,1H3/b18-13+. The molecule has 0 saturated carbocycles. The summed E-state index contributed by atoms with van der Waals surface area (Å²) in [4.78, 5) is 3.00. The largest absolute Gasteiger partial charge is 0.361 e. The van der Waals surface area contributed by atoms with E-state index in [4.69, 9.17) is 16.3 Å². The van der Waals surface area contributed by atoms with Crippen molar-refractivity contribution in [1.82, 2.24) is 9.55 Å². The predicted octanol–water partition coefficient (Wildman–Crippen LogP) is 2.10. The van der Waals surface area contributed by atoms with Crippen LogP contribution in [0.15, 0.2) is 40.0 Å². The Morgan fingerprint density at radius 3 is 2.70 bits per heavy atom. The van der Waals surface area contributed by atoms with E-state index >= 15 is 0 Å². The second-order valence-corrected chi connectivity index (χ2v) is 6.30. The van der Waals surface area contributed by atoms with Crippen molar-refractivity contribution < 1.29 is 21.9 Å². The third-order valence-electron chi connectivity index (χ3n) is 2.66. The van der Waals surface area contributed by atoms with Crippen molar-refractivity contribution >= 4 is 21.6 Å². The molecule has 1 aromatic carbocycles. The lowest BCUT2D eigenvalue weighted by molar-refractivity contribution is 0.0866. The molecule has 0 amide bonds. The average molecular weight is 364 g/mol. The quantitative estimate of drug-likeness (QED) is 0.762. The molecular formula is C13H12ClF2N3O3S. The van der Waals surface area contributed by atoms with Gasteiger partial charge in [0.25, 0.3) is 10.0 Å². The number of halogens is 3. The van der Waals surface area contributed by atoms with Crippen LogP contribution in [-0.4, -0.2) is 24.6 Å². The molecule has 1 heterocycles. The van der Waals surface area contributed by atoms with Crippen LogP contribution < -0.4 is 5.49 Å². The molecule has 0 fully saturated rings. The summed E-state index contributed by atoms with van der Waals surface area (Å²) < 4.78 is 61.0. The number of aromatic nitrogens is 2. The Morgan fingerprint density at radius 2 is 2.09 bits per heavy atom. The van der Waals surface area contributed by atoms with Crippen LogP contribution >= 0.6 is 11.6 Å². The number of nitrogens with zero attached hydrogens (tertiary/aromatic N) is 3. The molecule has 0 spiro atoms. The van der Waals surface area contributed by atoms with Gasteiger partial charge in [-0.1, -0.05) is 11.6 Å². The normalized spacial score (nSPS) is 12.6. The van der Waals surface area contributed by atoms with Crippen molar-refractivity contribution in [1.29, 1.82) is 0 Å². The summed E-state index contributed by atoms with van der Waals surface area (Å²) in [5, 5.41) is -0.518. The van der Waals surface area contributed by atoms with Gasteiger partial charge in [-0.3, -0.25) is 0 Å². The van der Waals surface area contributed by atoms with Crippen molar-refractivity contribution in [2.45, 2.75) is 18.6 Å². The fraction of sp³-hybridized carbons (Fsp3) is 0.231. The summed E-state index contributed by atoms with van der Waals surface area (Å²) in [6.07, 6.45) is 2.82. The van der Waals surface area contributed by atoms with Gasteiger partial charge in [-0.2, -0.15) is 8.42 Å². The first-order valence-corrected chi connectivity index (χ1v) is 8.20. The van der Waals surface area contributed by atoms with Crippen molar-refractivity contribution in [2.75, 3.05) is 6.61 Å². The first kappa shape index (κ1) is 17.5. The minimum Gasteiger partial charge on any atom is -0.361 e. The molecule has 0 atom stereocenters. The van der Waals surface area contributed by atoms with Crippen LogP contribution in [0, 0.1) is 11.6 Å². The molecule has 10 heteroatoms. The Balaban J connectivity index is 2.39. The van der Waals surface area contributed by atoms with Gasteiger partial charge in [-0.25, -0.2) is 13.8 Å². The van der Waals surface area contributed by atoms with Crippen LogP contribution in [0.2, 0.25) is 5.02 Å². The van der Waals surface area contributed by atoms with Gasteiger partial charge in [0.15, 0.2) is 5.49 Å². The third-order valence-corrected chi connectivity index (χ3v) is 4.25. The molecule has 6 nitrogen and oxygen atoms in total. The number of hydrogen-bond acceptors (Lipinski definition) is 4. The number of rotatable bonds is 5. The Bertz CT molecular complexity index is 864. The smallest absolute Gasteiger partial charge is 0.287 e. The first-order valence-electron chi connectivity index (χ1n) is 6.39. The molecule has 0 aliphatic carbocycles. The minimum absolute atomic E-state index is 0.155. The Morgan fingerprint density at radius 1 is 1.35 bits per heavy atom. The summed E-state index contributed by atoms with van der Waals surface area (Å²) in [6.45, 7) is 2.59. The van der Waals surface area contributed by atoms with Gasteiger partial charge in [-0.15, -0.1) is 4.40 Å². The van der Waals surface area contributed by atoms with Crippen LogP contribution in [-0.2, 0) is 21.5 Å². The fourth-order valence-corrected chi connectivity index (χ4v) is 2.83. The predicted molar refractivity (Wildman–Crippen MR) is 78.0 cm³/mol. The molecule has 0 radical (unpaired) electrons. The molecule has 23 heavy (non-hydrogen) atoms. The van der Waals surface area contributed by atoms with E-state index < -0.39 is 31.6 Å². The zero-order chi connectivity index (χ0) is 17.0. The van der Waals surface area contributed by atoms with E-state index in [2.05, 4.69) is 9.38 Å². The van der Waals surface area contributed by atoms with Crippen molar-refractivity contribution in [3.63, 3.8) is 0 Å². The highest BCUT2D eigenvalue weighted by atomic mass is 35.5. The maximum atomic E-state index is 13.7. The average Bonchev–Trinajstić information content (AvgIpc) is 2.49. The summed E-state index contributed by atoms with van der Waals surface area (Å²) in [7, 11) is -4.42. The van der Waals surface area contributed by atoms with E-state index in [9.17, 15) is 17.2 Å². The number of hydrogen-bond donors (Lipinski definition) is 0. The van der Waals surface area contributed by atoms with E-state index in [1.165, 1.54) is 18.6 Å². The molecule has 2 rings (SSSR count). The van der Waals surface area contributed by atoms with Gasteiger partial charge in [0.05, 0.1) is 11.3 Å². The second-order valence-electron chi connectivity index (χ2n) is 4.32. The molecule has 0 aliphatic heterocycles. The molecule has 124 valence electrons. The maximum Gasteiger partial charge on any atom is 0.287 e. The third kappa shape index (κ3) is 4.34. The van der Waals surface area contributed by atoms with E-state index in [-0.39, 0.29) is 12.2 Å². The van der Waals surface area contributed by atoms with Crippen molar-refractivity contribution in [3.05, 3.63) is 52.9 Å². The van der Waals surface area contributed by atoms with Gasteiger partial charge < -0.3 is 9.30 Å². The van der Waals surface area contributed by atoms with Gasteiger partial charge in [0.1, 0.15) is 23.3 Å². The second kappa shape index (κ2) is 7.16. The lowest BCUT2D eigenvalue weighted by Crippen LogP contribution is -2.15. The first-order chi connectivity index (χ1) is 10.8. The van der Waals surface area contributed by atoms with Gasteiger partial charge >= 0.3 is 0 Å². The van der Waals surface area contributed by atoms with Gasteiger partial charge in [0, 0.05) is 18.9 Å². The molecule has 0 saturated heterocycles. The van der Waals surface area contributed by atoms with E-state index in [0.717, 1.165) is 0 Å². The number of sulfonamides is 1. The zero-order valence-corrected chi connectivity index (χ0v) is 13.5. The van der Waals surface area contributed by atoms with Gasteiger partial charge in [0.2, 0.25) is 0 Å². The molecule has 0 bridgehead atoms. The Labute approximate surface area is 136 Å². The zero-order valence-electron chi connectivity index (χ0n) is 11.9. The van der Waals surface area contributed by atoms with Crippen molar-refractivity contribution in [3.8, 4) is 0 Å². The van der Waals surface area contributed by atoms with E-state index in [1.54, 1.807) is 4.57 Å². The highest BCUT2D eigenvalue weighted by molar-refractivity contribution is 7.90. The van der Waals surface area contributed by atoms with Crippen LogP contribution in [0.3, 0.4) is 0 Å². The lowest BCUT2D eigenvalue weighted by Gasteiger charge is -2.05. The molecular weight excluding hydrogens is 352 g/mol. The molecule has 0 aliphatic rings. The molecule has 0 unspecified atom stereocenters. The monoisotopic (exact) mass is 363 g/mol. The molecule has 0 N–H and O–H groups in total. The number of benzene rings is 1. The summed E-state index contributed by atoms with van der Waals surface area (Å²) in [5.74, 6) is -2.34. The topological polar surface area (TPSA) is 73.6 Å². The minimum atomic E-state index is -4.42. The van der Waals surface area contributed by atoms with Crippen molar-refractivity contribution in [2.24, 2.45) is 4.40 Å². The van der Waals surface area contributed by atoms with Crippen LogP contribution in [0.25, 0.3) is 0 Å². The highest BCUT2D eigenvalue weighted by Gasteiger charge is 2.20. The van der Waals surface area contributed by atoms with E-state index in [1.807, 2.05) is 6.92 Å². The number of ether oxygens (including phenoxy) is 1. The highest BCUT2D eigenvalue weighted by Crippen LogP contribution is 2.23. The SMILES string of the molecule is CCOCn1cc/c(=N\S(=O)(=O)c2cc(Cl)c(F)cc2F)nc1. The Kier molecular flexibility index (Phi) is 5.45. The summed E-state index contributed by atoms with van der Waals surface area (Å²) >= 11 is 5.48. The Hall–Kier alpha value is -1.84. The summed E-state index contributed by atoms with van der Waals surface area (Å²) in [5.41, 5.74) is -0.155.